The molecule has 0 amide bonds. The molecule has 0 aliphatic rings. The smallest absolute Gasteiger partial charge is 0.207 e. The van der Waals surface area contributed by atoms with Gasteiger partial charge in [0.15, 0.2) is 0 Å². The van der Waals surface area contributed by atoms with Crippen LogP contribution in [0.25, 0.3) is 0 Å². The Labute approximate surface area is 114 Å². The second-order valence-corrected chi connectivity index (χ2v) is 4.96. The van der Waals surface area contributed by atoms with Crippen LogP contribution in [0.2, 0.25) is 0 Å². The van der Waals surface area contributed by atoms with Gasteiger partial charge >= 0.3 is 0 Å². The average molecular weight is 259 g/mol. The van der Waals surface area contributed by atoms with Gasteiger partial charge < -0.3 is 14.6 Å². The van der Waals surface area contributed by atoms with Crippen molar-refractivity contribution in [2.24, 2.45) is 0 Å². The first-order chi connectivity index (χ1) is 9.10. The summed E-state index contributed by atoms with van der Waals surface area (Å²) < 4.78 is 7.28. The number of nitrogens with one attached hydrogen (secondary N) is 1. The Balaban J connectivity index is 2.21. The van der Waals surface area contributed by atoms with Crippen molar-refractivity contribution in [2.75, 3.05) is 19.0 Å². The number of benzene rings is 1. The number of aromatic nitrogens is 2. The molecule has 0 fully saturated rings. The summed E-state index contributed by atoms with van der Waals surface area (Å²) in [7, 11) is 1.71. The molecule has 2 aromatic rings. The first-order valence-corrected chi connectivity index (χ1v) is 6.47. The van der Waals surface area contributed by atoms with Gasteiger partial charge in [-0.1, -0.05) is 6.07 Å². The summed E-state index contributed by atoms with van der Waals surface area (Å²) in [4.78, 5) is 4.37. The van der Waals surface area contributed by atoms with E-state index in [1.54, 1.807) is 13.3 Å². The Morgan fingerprint density at radius 2 is 1.95 bits per heavy atom. The van der Waals surface area contributed by atoms with Crippen LogP contribution in [0.1, 0.15) is 24.1 Å². The van der Waals surface area contributed by atoms with Gasteiger partial charge in [-0.25, -0.2) is 4.98 Å². The molecule has 0 aliphatic carbocycles. The van der Waals surface area contributed by atoms with Gasteiger partial charge in [-0.3, -0.25) is 0 Å². The molecule has 1 unspecified atom stereocenters. The Kier molecular flexibility index (Phi) is 4.22. The molecule has 0 spiro atoms. The van der Waals surface area contributed by atoms with Gasteiger partial charge in [0.25, 0.3) is 0 Å². The topological polar surface area (TPSA) is 39.1 Å². The molecule has 0 bridgehead atoms. The summed E-state index contributed by atoms with van der Waals surface area (Å²) in [6.07, 6.45) is 3.77. The van der Waals surface area contributed by atoms with Crippen LogP contribution in [-0.2, 0) is 4.74 Å². The molecule has 1 aromatic heterocycles. The zero-order chi connectivity index (χ0) is 13.8. The molecule has 0 saturated carbocycles. The molecular formula is C15H21N3O. The van der Waals surface area contributed by atoms with E-state index < -0.39 is 0 Å². The SMILES string of the molecule is COCC(C)n1ccnc1Nc1cc(C)cc(C)c1. The predicted octanol–water partition coefficient (Wildman–Crippen LogP) is 3.45. The third-order valence-electron chi connectivity index (χ3n) is 3.03. The van der Waals surface area contributed by atoms with Gasteiger partial charge in [0, 0.05) is 25.2 Å². The summed E-state index contributed by atoms with van der Waals surface area (Å²) in [5, 5.41) is 3.37. The lowest BCUT2D eigenvalue weighted by Crippen LogP contribution is -2.12. The van der Waals surface area contributed by atoms with Crippen molar-refractivity contribution in [2.45, 2.75) is 26.8 Å². The first-order valence-electron chi connectivity index (χ1n) is 6.47. The van der Waals surface area contributed by atoms with Crippen LogP contribution in [0, 0.1) is 13.8 Å². The number of hydrogen-bond donors (Lipinski definition) is 1. The van der Waals surface area contributed by atoms with E-state index in [0.29, 0.717) is 6.61 Å². The normalized spacial score (nSPS) is 12.4. The van der Waals surface area contributed by atoms with E-state index >= 15 is 0 Å². The molecular weight excluding hydrogens is 238 g/mol. The van der Waals surface area contributed by atoms with E-state index in [4.69, 9.17) is 4.74 Å². The monoisotopic (exact) mass is 259 g/mol. The zero-order valence-corrected chi connectivity index (χ0v) is 12.0. The van der Waals surface area contributed by atoms with E-state index in [2.05, 4.69) is 53.8 Å². The molecule has 2 rings (SSSR count). The number of anilines is 2. The van der Waals surface area contributed by atoms with Crippen LogP contribution in [0.5, 0.6) is 0 Å². The number of methoxy groups -OCH3 is 1. The minimum absolute atomic E-state index is 0.251. The van der Waals surface area contributed by atoms with E-state index in [1.165, 1.54) is 11.1 Å². The van der Waals surface area contributed by atoms with E-state index in [9.17, 15) is 0 Å². The summed E-state index contributed by atoms with van der Waals surface area (Å²) in [6.45, 7) is 6.96. The maximum Gasteiger partial charge on any atom is 0.207 e. The molecule has 4 heteroatoms. The van der Waals surface area contributed by atoms with Gasteiger partial charge in [0.2, 0.25) is 5.95 Å². The van der Waals surface area contributed by atoms with E-state index in [0.717, 1.165) is 11.6 Å². The molecule has 1 atom stereocenters. The summed E-state index contributed by atoms with van der Waals surface area (Å²) in [6, 6.07) is 6.64. The van der Waals surface area contributed by atoms with Crippen LogP contribution >= 0.6 is 0 Å². The highest BCUT2D eigenvalue weighted by atomic mass is 16.5. The molecule has 1 heterocycles. The van der Waals surface area contributed by atoms with E-state index in [1.807, 2.05) is 6.20 Å². The number of ether oxygens (including phenoxy) is 1. The van der Waals surface area contributed by atoms with Crippen LogP contribution in [0.4, 0.5) is 11.6 Å². The molecule has 0 radical (unpaired) electrons. The van der Waals surface area contributed by atoms with Gasteiger partial charge in [0.1, 0.15) is 0 Å². The van der Waals surface area contributed by atoms with Crippen LogP contribution in [0.3, 0.4) is 0 Å². The minimum atomic E-state index is 0.251. The second kappa shape index (κ2) is 5.89. The molecule has 102 valence electrons. The Hall–Kier alpha value is -1.81. The molecule has 0 aliphatic heterocycles. The van der Waals surface area contributed by atoms with Crippen LogP contribution < -0.4 is 5.32 Å². The van der Waals surface area contributed by atoms with Crippen molar-refractivity contribution in [3.05, 3.63) is 41.7 Å². The largest absolute Gasteiger partial charge is 0.383 e. The van der Waals surface area contributed by atoms with Gasteiger partial charge in [-0.2, -0.15) is 0 Å². The third-order valence-corrected chi connectivity index (χ3v) is 3.03. The van der Waals surface area contributed by atoms with Crippen molar-refractivity contribution in [3.63, 3.8) is 0 Å². The highest BCUT2D eigenvalue weighted by molar-refractivity contribution is 5.56. The number of aryl methyl sites for hydroxylation is 2. The van der Waals surface area contributed by atoms with Crippen molar-refractivity contribution < 1.29 is 4.74 Å². The Morgan fingerprint density at radius 3 is 2.58 bits per heavy atom. The maximum absolute atomic E-state index is 5.19. The minimum Gasteiger partial charge on any atom is -0.383 e. The highest BCUT2D eigenvalue weighted by Crippen LogP contribution is 2.21. The summed E-state index contributed by atoms with van der Waals surface area (Å²) in [5.41, 5.74) is 3.55. The molecule has 1 N–H and O–H groups in total. The first kappa shape index (κ1) is 13.6. The lowest BCUT2D eigenvalue weighted by atomic mass is 10.1. The fourth-order valence-corrected chi connectivity index (χ4v) is 2.26. The molecule has 19 heavy (non-hydrogen) atoms. The van der Waals surface area contributed by atoms with Crippen LogP contribution in [0.15, 0.2) is 30.6 Å². The molecule has 1 aromatic carbocycles. The Bertz CT molecular complexity index is 528. The van der Waals surface area contributed by atoms with Gasteiger partial charge in [-0.05, 0) is 44.0 Å². The van der Waals surface area contributed by atoms with Crippen molar-refractivity contribution in [1.29, 1.82) is 0 Å². The van der Waals surface area contributed by atoms with Crippen molar-refractivity contribution in [1.82, 2.24) is 9.55 Å². The quantitative estimate of drug-likeness (QED) is 0.894. The summed E-state index contributed by atoms with van der Waals surface area (Å²) >= 11 is 0. The molecule has 0 saturated heterocycles. The van der Waals surface area contributed by atoms with Crippen molar-refractivity contribution >= 4 is 11.6 Å². The predicted molar refractivity (Wildman–Crippen MR) is 78.0 cm³/mol. The van der Waals surface area contributed by atoms with Crippen molar-refractivity contribution in [3.8, 4) is 0 Å². The fourth-order valence-electron chi connectivity index (χ4n) is 2.26. The van der Waals surface area contributed by atoms with E-state index in [-0.39, 0.29) is 6.04 Å². The van der Waals surface area contributed by atoms with Crippen LogP contribution in [-0.4, -0.2) is 23.3 Å². The van der Waals surface area contributed by atoms with Gasteiger partial charge in [-0.15, -0.1) is 0 Å². The number of nitrogens with zero attached hydrogens (tertiary/aromatic N) is 2. The maximum atomic E-state index is 5.19. The number of imidazole rings is 1. The lowest BCUT2D eigenvalue weighted by molar-refractivity contribution is 0.163. The average Bonchev–Trinajstić information content (AvgIpc) is 2.76. The number of rotatable bonds is 5. The highest BCUT2D eigenvalue weighted by Gasteiger charge is 2.10. The zero-order valence-electron chi connectivity index (χ0n) is 12.0. The fraction of sp³-hybridized carbons (Fsp3) is 0.400. The second-order valence-electron chi connectivity index (χ2n) is 4.96. The van der Waals surface area contributed by atoms with Gasteiger partial charge in [0.05, 0.1) is 12.6 Å². The lowest BCUT2D eigenvalue weighted by Gasteiger charge is -2.16. The summed E-state index contributed by atoms with van der Waals surface area (Å²) in [5.74, 6) is 0.842. The standard InChI is InChI=1S/C15H21N3O/c1-11-7-12(2)9-14(8-11)17-15-16-5-6-18(15)13(3)10-19-4/h5-9,13H,10H2,1-4H3,(H,16,17). The third kappa shape index (κ3) is 3.35. The Morgan fingerprint density at radius 1 is 1.26 bits per heavy atom. The molecule has 4 nitrogen and oxygen atoms in total. The number of hydrogen-bond acceptors (Lipinski definition) is 3.